The van der Waals surface area contributed by atoms with Crippen molar-refractivity contribution in [1.29, 1.82) is 0 Å². The summed E-state index contributed by atoms with van der Waals surface area (Å²) in [5.74, 6) is 1.31. The number of piperazine rings is 1. The summed E-state index contributed by atoms with van der Waals surface area (Å²) in [6.45, 7) is 7.34. The average Bonchev–Trinajstić information content (AvgIpc) is 2.56. The lowest BCUT2D eigenvalue weighted by atomic mass is 9.96. The monoisotopic (exact) mass is 303 g/mol. The van der Waals surface area contributed by atoms with Crippen LogP contribution in [0.2, 0.25) is 0 Å². The summed E-state index contributed by atoms with van der Waals surface area (Å²) in [7, 11) is 2.11. The second-order valence-corrected chi connectivity index (χ2v) is 6.45. The van der Waals surface area contributed by atoms with Crippen molar-refractivity contribution in [2.24, 2.45) is 5.92 Å². The Morgan fingerprint density at radius 1 is 1.14 bits per heavy atom. The van der Waals surface area contributed by atoms with Crippen LogP contribution in [0.1, 0.15) is 18.5 Å². The van der Waals surface area contributed by atoms with Gasteiger partial charge in [-0.2, -0.15) is 5.10 Å². The van der Waals surface area contributed by atoms with E-state index in [1.807, 2.05) is 24.0 Å². The van der Waals surface area contributed by atoms with E-state index in [0.29, 0.717) is 5.91 Å². The summed E-state index contributed by atoms with van der Waals surface area (Å²) in [6, 6.07) is 3.99. The fraction of sp³-hybridized carbons (Fsp3) is 0.688. The van der Waals surface area contributed by atoms with Gasteiger partial charge in [-0.25, -0.2) is 0 Å². The predicted molar refractivity (Wildman–Crippen MR) is 85.8 cm³/mol. The Hall–Kier alpha value is -1.69. The number of hydrogen-bond acceptors (Lipinski definition) is 5. The Morgan fingerprint density at radius 2 is 1.91 bits per heavy atom. The molecule has 0 radical (unpaired) electrons. The number of aromatic nitrogens is 2. The van der Waals surface area contributed by atoms with E-state index in [1.54, 1.807) is 0 Å². The number of amides is 1. The number of carbonyl (C=O) groups is 1. The molecule has 0 saturated carbocycles. The first-order chi connectivity index (χ1) is 10.6. The van der Waals surface area contributed by atoms with E-state index < -0.39 is 0 Å². The summed E-state index contributed by atoms with van der Waals surface area (Å²) >= 11 is 0. The largest absolute Gasteiger partial charge is 0.354 e. The fourth-order valence-corrected chi connectivity index (χ4v) is 3.23. The zero-order valence-electron chi connectivity index (χ0n) is 13.5. The third-order valence-corrected chi connectivity index (χ3v) is 4.69. The van der Waals surface area contributed by atoms with Crippen LogP contribution < -0.4 is 4.90 Å². The normalized spacial score (nSPS) is 23.6. The molecule has 0 aliphatic carbocycles. The Labute approximate surface area is 132 Å². The van der Waals surface area contributed by atoms with Crippen LogP contribution in [0, 0.1) is 12.8 Å². The second kappa shape index (κ2) is 6.60. The molecule has 1 atom stereocenters. The summed E-state index contributed by atoms with van der Waals surface area (Å²) in [5, 5.41) is 8.39. The highest BCUT2D eigenvalue weighted by Gasteiger charge is 2.31. The van der Waals surface area contributed by atoms with Crippen LogP contribution in [-0.4, -0.2) is 72.2 Å². The van der Waals surface area contributed by atoms with Gasteiger partial charge in [-0.15, -0.1) is 5.10 Å². The maximum Gasteiger partial charge on any atom is 0.227 e. The third kappa shape index (κ3) is 3.38. The molecular formula is C16H25N5O. The van der Waals surface area contributed by atoms with Gasteiger partial charge in [0.05, 0.1) is 11.6 Å². The molecular weight excluding hydrogens is 278 g/mol. The van der Waals surface area contributed by atoms with Crippen molar-refractivity contribution in [3.05, 3.63) is 17.8 Å². The molecule has 1 aromatic heterocycles. The Bertz CT molecular complexity index is 510. The maximum absolute atomic E-state index is 12.7. The highest BCUT2D eigenvalue weighted by atomic mass is 16.2. The molecule has 2 aliphatic heterocycles. The van der Waals surface area contributed by atoms with Crippen molar-refractivity contribution in [1.82, 2.24) is 20.0 Å². The summed E-state index contributed by atoms with van der Waals surface area (Å²) < 4.78 is 0. The molecule has 0 spiro atoms. The van der Waals surface area contributed by atoms with Crippen LogP contribution in [0.4, 0.5) is 5.82 Å². The molecule has 0 N–H and O–H groups in total. The standard InChI is InChI=1S/C16H25N5O/c1-13-5-6-15(18-17-13)21-7-3-4-14(12-21)16(22)20-10-8-19(2)9-11-20/h5-6,14H,3-4,7-12H2,1-2H3. The number of piperidine rings is 1. The van der Waals surface area contributed by atoms with Crippen molar-refractivity contribution >= 4 is 11.7 Å². The molecule has 0 bridgehead atoms. The van der Waals surface area contributed by atoms with Crippen molar-refractivity contribution in [2.45, 2.75) is 19.8 Å². The van der Waals surface area contributed by atoms with Crippen LogP contribution in [0.15, 0.2) is 12.1 Å². The second-order valence-electron chi connectivity index (χ2n) is 6.45. The predicted octanol–water partition coefficient (Wildman–Crippen LogP) is 0.775. The molecule has 2 fully saturated rings. The third-order valence-electron chi connectivity index (χ3n) is 4.69. The van der Waals surface area contributed by atoms with E-state index in [1.165, 1.54) is 0 Å². The summed E-state index contributed by atoms with van der Waals surface area (Å²) in [6.07, 6.45) is 2.03. The lowest BCUT2D eigenvalue weighted by Crippen LogP contribution is -2.51. The van der Waals surface area contributed by atoms with Crippen molar-refractivity contribution < 1.29 is 4.79 Å². The van der Waals surface area contributed by atoms with E-state index in [9.17, 15) is 4.79 Å². The molecule has 0 aromatic carbocycles. The van der Waals surface area contributed by atoms with Crippen LogP contribution in [-0.2, 0) is 4.79 Å². The van der Waals surface area contributed by atoms with Gasteiger partial charge in [0.15, 0.2) is 5.82 Å². The molecule has 120 valence electrons. The lowest BCUT2D eigenvalue weighted by molar-refractivity contribution is -0.137. The number of hydrogen-bond donors (Lipinski definition) is 0. The zero-order valence-corrected chi connectivity index (χ0v) is 13.5. The number of nitrogens with zero attached hydrogens (tertiary/aromatic N) is 5. The molecule has 1 unspecified atom stereocenters. The van der Waals surface area contributed by atoms with E-state index >= 15 is 0 Å². The molecule has 2 saturated heterocycles. The van der Waals surface area contributed by atoms with Crippen LogP contribution >= 0.6 is 0 Å². The maximum atomic E-state index is 12.7. The van der Waals surface area contributed by atoms with Gasteiger partial charge in [0.25, 0.3) is 0 Å². The van der Waals surface area contributed by atoms with E-state index in [4.69, 9.17) is 0 Å². The minimum atomic E-state index is 0.0975. The molecule has 6 nitrogen and oxygen atoms in total. The van der Waals surface area contributed by atoms with Gasteiger partial charge in [-0.3, -0.25) is 4.79 Å². The fourth-order valence-electron chi connectivity index (χ4n) is 3.23. The highest BCUT2D eigenvalue weighted by molar-refractivity contribution is 5.79. The summed E-state index contributed by atoms with van der Waals surface area (Å²) in [4.78, 5) is 19.3. The van der Waals surface area contributed by atoms with Gasteiger partial charge in [0, 0.05) is 39.3 Å². The van der Waals surface area contributed by atoms with E-state index in [-0.39, 0.29) is 5.92 Å². The minimum absolute atomic E-state index is 0.0975. The first kappa shape index (κ1) is 15.2. The van der Waals surface area contributed by atoms with Gasteiger partial charge >= 0.3 is 0 Å². The molecule has 2 aliphatic rings. The molecule has 22 heavy (non-hydrogen) atoms. The lowest BCUT2D eigenvalue weighted by Gasteiger charge is -2.38. The Balaban J connectivity index is 1.62. The van der Waals surface area contributed by atoms with E-state index in [2.05, 4.69) is 27.0 Å². The number of likely N-dealkylation sites (N-methyl/N-ethyl adjacent to an activating group) is 1. The van der Waals surface area contributed by atoms with Gasteiger partial charge in [0.2, 0.25) is 5.91 Å². The SMILES string of the molecule is Cc1ccc(N2CCCC(C(=O)N3CCN(C)CC3)C2)nn1. The minimum Gasteiger partial charge on any atom is -0.354 e. The Morgan fingerprint density at radius 3 is 2.59 bits per heavy atom. The number of anilines is 1. The Kier molecular flexibility index (Phi) is 4.57. The highest BCUT2D eigenvalue weighted by Crippen LogP contribution is 2.23. The van der Waals surface area contributed by atoms with Crippen molar-refractivity contribution in [3.8, 4) is 0 Å². The smallest absolute Gasteiger partial charge is 0.227 e. The van der Waals surface area contributed by atoms with Crippen LogP contribution in [0.3, 0.4) is 0 Å². The topological polar surface area (TPSA) is 52.6 Å². The number of carbonyl (C=O) groups excluding carboxylic acids is 1. The van der Waals surface area contributed by atoms with Crippen LogP contribution in [0.5, 0.6) is 0 Å². The van der Waals surface area contributed by atoms with Crippen molar-refractivity contribution in [3.63, 3.8) is 0 Å². The van der Waals surface area contributed by atoms with Gasteiger partial charge in [0.1, 0.15) is 0 Å². The average molecular weight is 303 g/mol. The first-order valence-corrected chi connectivity index (χ1v) is 8.16. The molecule has 3 heterocycles. The zero-order chi connectivity index (χ0) is 15.5. The molecule has 1 aromatic rings. The number of rotatable bonds is 2. The first-order valence-electron chi connectivity index (χ1n) is 8.16. The van der Waals surface area contributed by atoms with Crippen LogP contribution in [0.25, 0.3) is 0 Å². The van der Waals surface area contributed by atoms with Gasteiger partial charge in [-0.05, 0) is 38.9 Å². The molecule has 1 amide bonds. The van der Waals surface area contributed by atoms with E-state index in [0.717, 1.165) is 63.6 Å². The quantitative estimate of drug-likeness (QED) is 0.808. The summed E-state index contributed by atoms with van der Waals surface area (Å²) in [5.41, 5.74) is 0.922. The number of aryl methyl sites for hydroxylation is 1. The van der Waals surface area contributed by atoms with Gasteiger partial charge in [-0.1, -0.05) is 0 Å². The van der Waals surface area contributed by atoms with Crippen molar-refractivity contribution in [2.75, 3.05) is 51.2 Å². The van der Waals surface area contributed by atoms with Gasteiger partial charge < -0.3 is 14.7 Å². The molecule has 6 heteroatoms. The molecule has 3 rings (SSSR count).